The van der Waals surface area contributed by atoms with Crippen LogP contribution >= 0.6 is 0 Å². The van der Waals surface area contributed by atoms with Crippen molar-refractivity contribution in [2.24, 2.45) is 18.9 Å². The summed E-state index contributed by atoms with van der Waals surface area (Å²) in [4.78, 5) is 23.4. The van der Waals surface area contributed by atoms with Crippen molar-refractivity contribution in [3.05, 3.63) is 47.8 Å². The Morgan fingerprint density at radius 3 is 2.73 bits per heavy atom. The van der Waals surface area contributed by atoms with E-state index in [1.165, 1.54) is 12.8 Å². The molecule has 10 heteroatoms. The molecule has 3 aliphatic rings. The Balaban J connectivity index is 1.27. The summed E-state index contributed by atoms with van der Waals surface area (Å²) in [6.07, 6.45) is 8.39. The quantitative estimate of drug-likeness (QED) is 0.359. The lowest BCUT2D eigenvalue weighted by Gasteiger charge is -2.24. The summed E-state index contributed by atoms with van der Waals surface area (Å²) in [6, 6.07) is 10.2. The number of carbonyl (C=O) groups excluding carboxylic acids is 1. The van der Waals surface area contributed by atoms with Gasteiger partial charge in [-0.2, -0.15) is 5.10 Å². The summed E-state index contributed by atoms with van der Waals surface area (Å²) in [5.74, 6) is 2.21. The maximum absolute atomic E-state index is 13.7. The van der Waals surface area contributed by atoms with Gasteiger partial charge in [-0.05, 0) is 87.6 Å². The fourth-order valence-electron chi connectivity index (χ4n) is 6.27. The van der Waals surface area contributed by atoms with E-state index in [1.54, 1.807) is 16.9 Å². The van der Waals surface area contributed by atoms with Gasteiger partial charge in [0.1, 0.15) is 0 Å². The van der Waals surface area contributed by atoms with Crippen molar-refractivity contribution in [2.45, 2.75) is 58.0 Å². The number of imidazole rings is 1. The standard InChI is InChI=1S/C31H37N7O3/c1-19-13-22-14-26(33-19)25-16-32-37(2)30(25)41-12-3-5-21(20-7-8-20)17-38-28-10-9-23(34-24-6-4-11-40-18-24)15-27(28)35-31(38)36-29(22)39/h9-10,13-16,20-21,24,34H,3-8,11-12,17-18H2,1-2H3,(H,35,36,39)/t21-,24-/m1/s1. The number of ether oxygens (including phenoxy) is 2. The van der Waals surface area contributed by atoms with Gasteiger partial charge in [-0.3, -0.25) is 15.1 Å². The molecule has 41 heavy (non-hydrogen) atoms. The first-order chi connectivity index (χ1) is 20.0. The maximum atomic E-state index is 13.7. The number of nitrogens with one attached hydrogen (secondary N) is 2. The second-order valence-corrected chi connectivity index (χ2v) is 11.7. The lowest BCUT2D eigenvalue weighted by Crippen LogP contribution is -2.29. The Morgan fingerprint density at radius 1 is 1.02 bits per heavy atom. The smallest absolute Gasteiger partial charge is 0.258 e. The van der Waals surface area contributed by atoms with Crippen LogP contribution in [0.2, 0.25) is 0 Å². The van der Waals surface area contributed by atoms with E-state index in [-0.39, 0.29) is 5.91 Å². The number of nitrogens with zero attached hydrogens (tertiary/aromatic N) is 5. The average molecular weight is 556 g/mol. The lowest BCUT2D eigenvalue weighted by molar-refractivity contribution is 0.0876. The molecule has 1 aliphatic carbocycles. The van der Waals surface area contributed by atoms with Gasteiger partial charge < -0.3 is 19.4 Å². The molecule has 2 aliphatic heterocycles. The number of rotatable bonds is 3. The highest BCUT2D eigenvalue weighted by molar-refractivity contribution is 6.05. The summed E-state index contributed by atoms with van der Waals surface area (Å²) < 4.78 is 15.9. The van der Waals surface area contributed by atoms with Crippen LogP contribution in [0, 0.1) is 18.8 Å². The Hall–Kier alpha value is -3.92. The molecule has 10 nitrogen and oxygen atoms in total. The van der Waals surface area contributed by atoms with E-state index in [1.807, 2.05) is 20.0 Å². The van der Waals surface area contributed by atoms with Crippen molar-refractivity contribution >= 4 is 28.6 Å². The van der Waals surface area contributed by atoms with Crippen LogP contribution in [0.5, 0.6) is 5.88 Å². The van der Waals surface area contributed by atoms with E-state index >= 15 is 0 Å². The van der Waals surface area contributed by atoms with E-state index in [0.29, 0.717) is 54.2 Å². The van der Waals surface area contributed by atoms with Crippen LogP contribution in [0.4, 0.5) is 11.6 Å². The zero-order valence-corrected chi connectivity index (χ0v) is 23.7. The first-order valence-electron chi connectivity index (χ1n) is 14.8. The van der Waals surface area contributed by atoms with E-state index in [0.717, 1.165) is 66.8 Å². The van der Waals surface area contributed by atoms with E-state index in [9.17, 15) is 4.79 Å². The topological polar surface area (TPSA) is 108 Å². The number of aromatic nitrogens is 5. The highest BCUT2D eigenvalue weighted by atomic mass is 16.5. The van der Waals surface area contributed by atoms with Crippen molar-refractivity contribution in [1.82, 2.24) is 24.3 Å². The Morgan fingerprint density at radius 2 is 1.90 bits per heavy atom. The third-order valence-electron chi connectivity index (χ3n) is 8.54. The van der Waals surface area contributed by atoms with Crippen LogP contribution in [0.3, 0.4) is 0 Å². The van der Waals surface area contributed by atoms with Crippen LogP contribution in [0.15, 0.2) is 36.5 Å². The predicted octanol–water partition coefficient (Wildman–Crippen LogP) is 5.18. The monoisotopic (exact) mass is 555 g/mol. The number of carbonyl (C=O) groups is 1. The summed E-state index contributed by atoms with van der Waals surface area (Å²) in [7, 11) is 1.87. The number of aryl methyl sites for hydroxylation is 2. The highest BCUT2D eigenvalue weighted by Gasteiger charge is 2.32. The average Bonchev–Trinajstić information content (AvgIpc) is 3.67. The Labute approximate surface area is 239 Å². The zero-order valence-electron chi connectivity index (χ0n) is 23.7. The molecule has 2 atom stereocenters. The first kappa shape index (κ1) is 26.0. The summed E-state index contributed by atoms with van der Waals surface area (Å²) in [5, 5.41) is 11.2. The molecule has 0 unspecified atom stereocenters. The molecule has 1 amide bonds. The van der Waals surface area contributed by atoms with E-state index < -0.39 is 0 Å². The second-order valence-electron chi connectivity index (χ2n) is 11.7. The molecule has 0 radical (unpaired) electrons. The number of benzene rings is 1. The molecule has 5 heterocycles. The van der Waals surface area contributed by atoms with Gasteiger partial charge in [-0.1, -0.05) is 0 Å². The molecule has 7 rings (SSSR count). The minimum Gasteiger partial charge on any atom is -0.477 e. The molecular weight excluding hydrogens is 518 g/mol. The van der Waals surface area contributed by atoms with Crippen LogP contribution in [0.1, 0.15) is 54.6 Å². The first-order valence-corrected chi connectivity index (χ1v) is 14.8. The molecule has 1 saturated heterocycles. The van der Waals surface area contributed by atoms with Gasteiger partial charge in [0.05, 0.1) is 41.7 Å². The second kappa shape index (κ2) is 10.8. The molecule has 3 aromatic heterocycles. The van der Waals surface area contributed by atoms with Gasteiger partial charge >= 0.3 is 0 Å². The molecule has 1 aromatic carbocycles. The van der Waals surface area contributed by atoms with Crippen molar-refractivity contribution in [3.8, 4) is 17.1 Å². The minimum absolute atomic E-state index is 0.213. The van der Waals surface area contributed by atoms with Gasteiger partial charge in [0.25, 0.3) is 5.91 Å². The number of hydrogen-bond donors (Lipinski definition) is 2. The van der Waals surface area contributed by atoms with E-state index in [4.69, 9.17) is 19.4 Å². The third-order valence-corrected chi connectivity index (χ3v) is 8.54. The number of anilines is 2. The molecule has 2 fully saturated rings. The maximum Gasteiger partial charge on any atom is 0.258 e. The van der Waals surface area contributed by atoms with Crippen LogP contribution in [-0.2, 0) is 18.3 Å². The van der Waals surface area contributed by atoms with E-state index in [2.05, 4.69) is 38.5 Å². The molecule has 2 bridgehead atoms. The fourth-order valence-corrected chi connectivity index (χ4v) is 6.27. The lowest BCUT2D eigenvalue weighted by atomic mass is 9.97. The van der Waals surface area contributed by atoms with Gasteiger partial charge in [0, 0.05) is 43.2 Å². The van der Waals surface area contributed by atoms with Gasteiger partial charge in [0.15, 0.2) is 0 Å². The van der Waals surface area contributed by atoms with Crippen LogP contribution in [-0.4, -0.2) is 56.1 Å². The fraction of sp³-hybridized carbons (Fsp3) is 0.484. The Bertz CT molecular complexity index is 1580. The number of fused-ring (bicyclic) bond motifs is 7. The number of amides is 1. The Kier molecular flexibility index (Phi) is 6.86. The molecule has 1 saturated carbocycles. The molecule has 4 aromatic rings. The third kappa shape index (κ3) is 5.40. The van der Waals surface area contributed by atoms with Crippen LogP contribution in [0.25, 0.3) is 22.3 Å². The molecule has 0 spiro atoms. The minimum atomic E-state index is -0.213. The normalized spacial score (nSPS) is 21.7. The molecule has 2 N–H and O–H groups in total. The van der Waals surface area contributed by atoms with Crippen molar-refractivity contribution in [3.63, 3.8) is 0 Å². The SMILES string of the molecule is Cc1cc2cc(n1)-c1cnn(C)c1OCCC[C@@H](C1CC1)Cn1c(nc3cc(N[C@@H]4CCCOC4)ccc31)NC2=O. The van der Waals surface area contributed by atoms with Crippen molar-refractivity contribution < 1.29 is 14.3 Å². The summed E-state index contributed by atoms with van der Waals surface area (Å²) in [5.41, 5.74) is 5.64. The van der Waals surface area contributed by atoms with Gasteiger partial charge in [-0.25, -0.2) is 9.67 Å². The number of hydrogen-bond acceptors (Lipinski definition) is 7. The van der Waals surface area contributed by atoms with Gasteiger partial charge in [0.2, 0.25) is 11.8 Å². The van der Waals surface area contributed by atoms with Crippen molar-refractivity contribution in [1.29, 1.82) is 0 Å². The van der Waals surface area contributed by atoms with Gasteiger partial charge in [-0.15, -0.1) is 0 Å². The predicted molar refractivity (Wildman–Crippen MR) is 157 cm³/mol. The van der Waals surface area contributed by atoms with Crippen molar-refractivity contribution in [2.75, 3.05) is 30.5 Å². The zero-order chi connectivity index (χ0) is 27.9. The summed E-state index contributed by atoms with van der Waals surface area (Å²) in [6.45, 7) is 4.85. The molecule has 214 valence electrons. The van der Waals surface area contributed by atoms with Crippen LogP contribution < -0.4 is 15.4 Å². The summed E-state index contributed by atoms with van der Waals surface area (Å²) >= 11 is 0. The molecular formula is C31H37N7O3. The highest BCUT2D eigenvalue weighted by Crippen LogP contribution is 2.41. The number of pyridine rings is 1. The largest absolute Gasteiger partial charge is 0.477 e.